The average Bonchev–Trinajstić information content (AvgIpc) is 2.64. The Morgan fingerprint density at radius 1 is 1.04 bits per heavy atom. The molecule has 0 saturated heterocycles. The molecule has 1 amide bonds. The van der Waals surface area contributed by atoms with Crippen LogP contribution in [0.3, 0.4) is 0 Å². The minimum atomic E-state index is -4.29. The number of sulfonamides is 1. The second kappa shape index (κ2) is 8.14. The maximum atomic E-state index is 13.8. The van der Waals surface area contributed by atoms with Crippen molar-refractivity contribution in [3.8, 4) is 0 Å². The Bertz CT molecular complexity index is 1140. The number of hydrogen-bond donors (Lipinski definition) is 2. The van der Waals surface area contributed by atoms with Crippen molar-refractivity contribution in [2.45, 2.75) is 4.90 Å². The number of carbonyl (C=O) groups is 1. The van der Waals surface area contributed by atoms with Crippen molar-refractivity contribution in [2.24, 2.45) is 0 Å². The Kier molecular flexibility index (Phi) is 5.83. The maximum Gasteiger partial charge on any atom is 0.263 e. The van der Waals surface area contributed by atoms with Gasteiger partial charge in [-0.25, -0.2) is 12.8 Å². The fraction of sp³-hybridized carbons (Fsp3) is 0. The van der Waals surface area contributed by atoms with Crippen LogP contribution in [0.5, 0.6) is 0 Å². The molecule has 0 saturated carbocycles. The van der Waals surface area contributed by atoms with Crippen LogP contribution in [0, 0.1) is 5.82 Å². The fourth-order valence-corrected chi connectivity index (χ4v) is 4.22. The second-order valence-corrected chi connectivity index (χ2v) is 8.01. The van der Waals surface area contributed by atoms with Gasteiger partial charge in [0, 0.05) is 6.20 Å². The Morgan fingerprint density at radius 2 is 1.79 bits per heavy atom. The third-order valence-electron chi connectivity index (χ3n) is 3.59. The first kappa shape index (κ1) is 20.1. The highest BCUT2D eigenvalue weighted by Gasteiger charge is 2.24. The first-order valence-electron chi connectivity index (χ1n) is 7.76. The molecule has 0 fully saturated rings. The van der Waals surface area contributed by atoms with Gasteiger partial charge in [-0.1, -0.05) is 35.3 Å². The van der Waals surface area contributed by atoms with Crippen molar-refractivity contribution < 1.29 is 17.6 Å². The lowest BCUT2D eigenvalue weighted by molar-refractivity contribution is 0.102. The third kappa shape index (κ3) is 4.41. The lowest BCUT2D eigenvalue weighted by Gasteiger charge is -2.13. The molecule has 3 rings (SSSR count). The van der Waals surface area contributed by atoms with Gasteiger partial charge in [0.1, 0.15) is 10.7 Å². The van der Waals surface area contributed by atoms with Crippen LogP contribution in [0.1, 0.15) is 10.4 Å². The highest BCUT2D eigenvalue weighted by molar-refractivity contribution is 7.92. The minimum Gasteiger partial charge on any atom is -0.321 e. The number of nitrogens with zero attached hydrogens (tertiary/aromatic N) is 1. The van der Waals surface area contributed by atoms with E-state index in [2.05, 4.69) is 15.0 Å². The normalized spacial score (nSPS) is 11.1. The zero-order chi connectivity index (χ0) is 20.3. The molecule has 1 aromatic heterocycles. The van der Waals surface area contributed by atoms with E-state index in [1.54, 1.807) is 12.1 Å². The van der Waals surface area contributed by atoms with Gasteiger partial charge in [0.05, 0.1) is 33.2 Å². The molecular formula is C18H12Cl2FN3O3S. The van der Waals surface area contributed by atoms with Crippen LogP contribution in [0.25, 0.3) is 0 Å². The summed E-state index contributed by atoms with van der Waals surface area (Å²) in [6.07, 6.45) is 2.95. The predicted octanol–water partition coefficient (Wildman–Crippen LogP) is 4.58. The summed E-state index contributed by atoms with van der Waals surface area (Å²) in [5.41, 5.74) is 0.0195. The predicted molar refractivity (Wildman–Crippen MR) is 106 cm³/mol. The van der Waals surface area contributed by atoms with Crippen molar-refractivity contribution in [1.29, 1.82) is 0 Å². The number of hydrogen-bond acceptors (Lipinski definition) is 4. The molecule has 144 valence electrons. The number of rotatable bonds is 5. The Hall–Kier alpha value is -2.68. The van der Waals surface area contributed by atoms with E-state index in [4.69, 9.17) is 23.2 Å². The van der Waals surface area contributed by atoms with Crippen LogP contribution >= 0.6 is 23.2 Å². The molecule has 0 spiro atoms. The van der Waals surface area contributed by atoms with E-state index in [0.717, 1.165) is 18.2 Å². The fourth-order valence-electron chi connectivity index (χ4n) is 2.29. The van der Waals surface area contributed by atoms with E-state index in [1.807, 2.05) is 0 Å². The second-order valence-electron chi connectivity index (χ2n) is 5.54. The van der Waals surface area contributed by atoms with Gasteiger partial charge >= 0.3 is 0 Å². The molecule has 0 bridgehead atoms. The molecule has 3 aromatic rings. The van der Waals surface area contributed by atoms with E-state index < -0.39 is 26.6 Å². The molecule has 0 atom stereocenters. The number of aromatic nitrogens is 1. The van der Waals surface area contributed by atoms with Crippen LogP contribution < -0.4 is 10.0 Å². The van der Waals surface area contributed by atoms with Crippen molar-refractivity contribution in [1.82, 2.24) is 4.98 Å². The van der Waals surface area contributed by atoms with Crippen molar-refractivity contribution in [2.75, 3.05) is 10.0 Å². The first-order chi connectivity index (χ1) is 13.3. The molecule has 6 nitrogen and oxygen atoms in total. The maximum absolute atomic E-state index is 13.8. The van der Waals surface area contributed by atoms with Crippen molar-refractivity contribution >= 4 is 50.5 Å². The van der Waals surface area contributed by atoms with Gasteiger partial charge in [-0.2, -0.15) is 0 Å². The molecule has 0 radical (unpaired) electrons. The summed E-state index contributed by atoms with van der Waals surface area (Å²) in [5, 5.41) is 2.29. The van der Waals surface area contributed by atoms with Gasteiger partial charge in [-0.15, -0.1) is 0 Å². The summed E-state index contributed by atoms with van der Waals surface area (Å²) in [7, 11) is -4.29. The van der Waals surface area contributed by atoms with Crippen LogP contribution in [-0.4, -0.2) is 19.3 Å². The number of carbonyl (C=O) groups excluding carboxylic acids is 1. The number of benzene rings is 2. The van der Waals surface area contributed by atoms with E-state index in [1.165, 1.54) is 30.6 Å². The Labute approximate surface area is 170 Å². The van der Waals surface area contributed by atoms with Crippen LogP contribution in [0.2, 0.25) is 10.0 Å². The third-order valence-corrected chi connectivity index (χ3v) is 5.74. The molecule has 0 unspecified atom stereocenters. The molecule has 0 aliphatic carbocycles. The van der Waals surface area contributed by atoms with Crippen molar-refractivity contribution in [3.05, 3.63) is 82.4 Å². The highest BCUT2D eigenvalue weighted by Crippen LogP contribution is 2.31. The molecule has 2 aromatic carbocycles. The SMILES string of the molecule is O=C(Nc1cccnc1)c1cc(S(=O)(=O)Nc2ccccc2F)c(Cl)cc1Cl. The monoisotopic (exact) mass is 439 g/mol. The zero-order valence-electron chi connectivity index (χ0n) is 14.0. The average molecular weight is 440 g/mol. The lowest BCUT2D eigenvalue weighted by atomic mass is 10.2. The number of para-hydroxylation sites is 1. The molecule has 10 heteroatoms. The summed E-state index contributed by atoms with van der Waals surface area (Å²) in [5.74, 6) is -1.41. The summed E-state index contributed by atoms with van der Waals surface area (Å²) in [6, 6.07) is 10.6. The van der Waals surface area contributed by atoms with E-state index in [9.17, 15) is 17.6 Å². The topological polar surface area (TPSA) is 88.2 Å². The quantitative estimate of drug-likeness (QED) is 0.608. The summed E-state index contributed by atoms with van der Waals surface area (Å²) in [4.78, 5) is 15.9. The van der Waals surface area contributed by atoms with Crippen LogP contribution in [-0.2, 0) is 10.0 Å². The zero-order valence-corrected chi connectivity index (χ0v) is 16.3. The smallest absolute Gasteiger partial charge is 0.263 e. The Balaban J connectivity index is 1.97. The summed E-state index contributed by atoms with van der Waals surface area (Å²) < 4.78 is 41.3. The number of pyridine rings is 1. The molecular weight excluding hydrogens is 428 g/mol. The standard InChI is InChI=1S/C18H12Cl2FN3O3S/c19-13-9-14(20)17(28(26,27)24-16-6-2-1-5-15(16)21)8-12(13)18(25)23-11-4-3-7-22-10-11/h1-10,24H,(H,23,25). The molecule has 0 aliphatic heterocycles. The van der Waals surface area contributed by atoms with E-state index in [0.29, 0.717) is 5.69 Å². The summed E-state index contributed by atoms with van der Waals surface area (Å²) >= 11 is 12.1. The van der Waals surface area contributed by atoms with Crippen LogP contribution in [0.15, 0.2) is 65.8 Å². The molecule has 0 aliphatic rings. The number of nitrogens with one attached hydrogen (secondary N) is 2. The molecule has 2 N–H and O–H groups in total. The first-order valence-corrected chi connectivity index (χ1v) is 9.99. The van der Waals surface area contributed by atoms with Gasteiger partial charge in [-0.05, 0) is 36.4 Å². The van der Waals surface area contributed by atoms with Crippen LogP contribution in [0.4, 0.5) is 15.8 Å². The minimum absolute atomic E-state index is 0.0452. The highest BCUT2D eigenvalue weighted by atomic mass is 35.5. The largest absolute Gasteiger partial charge is 0.321 e. The van der Waals surface area contributed by atoms with Gasteiger partial charge in [0.25, 0.3) is 15.9 Å². The number of amides is 1. The van der Waals surface area contributed by atoms with Crippen molar-refractivity contribution in [3.63, 3.8) is 0 Å². The van der Waals surface area contributed by atoms with E-state index >= 15 is 0 Å². The van der Waals surface area contributed by atoms with Gasteiger partial charge < -0.3 is 5.32 Å². The summed E-state index contributed by atoms with van der Waals surface area (Å²) in [6.45, 7) is 0. The number of anilines is 2. The Morgan fingerprint density at radius 3 is 2.46 bits per heavy atom. The lowest BCUT2D eigenvalue weighted by Crippen LogP contribution is -2.17. The van der Waals surface area contributed by atoms with Gasteiger partial charge in [0.15, 0.2) is 0 Å². The van der Waals surface area contributed by atoms with Gasteiger partial charge in [0.2, 0.25) is 0 Å². The van der Waals surface area contributed by atoms with E-state index in [-0.39, 0.29) is 21.3 Å². The molecule has 28 heavy (non-hydrogen) atoms. The number of halogens is 3. The molecule has 1 heterocycles. The van der Waals surface area contributed by atoms with Gasteiger partial charge in [-0.3, -0.25) is 14.5 Å².